The zero-order chi connectivity index (χ0) is 13.4. The summed E-state index contributed by atoms with van der Waals surface area (Å²) in [7, 11) is 0. The number of rotatable bonds is 3. The molecule has 0 heterocycles. The van der Waals surface area contributed by atoms with Crippen LogP contribution in [0.4, 0.5) is 0 Å². The maximum absolute atomic E-state index is 12.1. The molecule has 0 aliphatic heterocycles. The minimum Gasteiger partial charge on any atom is -0.390 e. The quantitative estimate of drug-likeness (QED) is 0.765. The first-order chi connectivity index (χ1) is 7.65. The van der Waals surface area contributed by atoms with Crippen molar-refractivity contribution in [3.8, 4) is 0 Å². The molecule has 3 heteroatoms. The third kappa shape index (κ3) is 2.91. The predicted molar refractivity (Wildman–Crippen MR) is 66.6 cm³/mol. The number of carbonyl (C=O) groups excluding carboxylic acids is 2. The first kappa shape index (κ1) is 13.8. The van der Waals surface area contributed by atoms with Crippen molar-refractivity contribution in [2.24, 2.45) is 0 Å². The molecule has 0 radical (unpaired) electrons. The number of hydrogen-bond donors (Lipinski definition) is 1. The van der Waals surface area contributed by atoms with Crippen molar-refractivity contribution in [2.75, 3.05) is 0 Å². The van der Waals surface area contributed by atoms with Crippen molar-refractivity contribution in [1.29, 1.82) is 0 Å². The van der Waals surface area contributed by atoms with Crippen molar-refractivity contribution < 1.29 is 14.7 Å². The summed E-state index contributed by atoms with van der Waals surface area (Å²) in [6, 6.07) is 0. The Balaban J connectivity index is 3.00. The van der Waals surface area contributed by atoms with Gasteiger partial charge in [-0.25, -0.2) is 0 Å². The van der Waals surface area contributed by atoms with Gasteiger partial charge in [-0.2, -0.15) is 0 Å². The third-order valence-corrected chi connectivity index (χ3v) is 3.30. The molecular formula is C14H20O3. The Labute approximate surface area is 102 Å². The van der Waals surface area contributed by atoms with Gasteiger partial charge in [-0.3, -0.25) is 9.59 Å². The van der Waals surface area contributed by atoms with E-state index < -0.39 is 5.60 Å². The predicted octanol–water partition coefficient (Wildman–Crippen LogP) is 2.34. The molecule has 1 rings (SSSR count). The summed E-state index contributed by atoms with van der Waals surface area (Å²) in [5, 5.41) is 9.67. The molecule has 0 aromatic heterocycles. The number of ketones is 2. The lowest BCUT2D eigenvalue weighted by molar-refractivity contribution is -0.116. The Morgan fingerprint density at radius 1 is 0.941 bits per heavy atom. The van der Waals surface area contributed by atoms with E-state index in [2.05, 4.69) is 0 Å². The van der Waals surface area contributed by atoms with Crippen LogP contribution in [-0.2, 0) is 9.59 Å². The summed E-state index contributed by atoms with van der Waals surface area (Å²) in [6.07, 6.45) is 0.926. The lowest BCUT2D eigenvalue weighted by Gasteiger charge is -2.22. The van der Waals surface area contributed by atoms with Crippen molar-refractivity contribution in [1.82, 2.24) is 0 Å². The van der Waals surface area contributed by atoms with Gasteiger partial charge in [0, 0.05) is 22.3 Å². The van der Waals surface area contributed by atoms with Gasteiger partial charge in [-0.05, 0) is 47.5 Å². The second-order valence-electron chi connectivity index (χ2n) is 5.32. The minimum atomic E-state index is -0.819. The first-order valence-electron chi connectivity index (χ1n) is 5.84. The Kier molecular flexibility index (Phi) is 3.72. The lowest BCUT2D eigenvalue weighted by atomic mass is 9.83. The van der Waals surface area contributed by atoms with E-state index in [4.69, 9.17) is 0 Å². The third-order valence-electron chi connectivity index (χ3n) is 3.30. The van der Waals surface area contributed by atoms with E-state index in [1.807, 2.05) is 0 Å². The maximum Gasteiger partial charge on any atom is 0.185 e. The Morgan fingerprint density at radius 2 is 1.41 bits per heavy atom. The van der Waals surface area contributed by atoms with E-state index >= 15 is 0 Å². The minimum absolute atomic E-state index is 0.0483. The zero-order valence-electron chi connectivity index (χ0n) is 11.2. The van der Waals surface area contributed by atoms with Crippen LogP contribution in [0.2, 0.25) is 0 Å². The number of allylic oxidation sites excluding steroid dienone is 4. The van der Waals surface area contributed by atoms with Gasteiger partial charge in [0.25, 0.3) is 0 Å². The Hall–Kier alpha value is -1.22. The molecule has 1 aliphatic carbocycles. The fraction of sp³-hybridized carbons (Fsp3) is 0.571. The van der Waals surface area contributed by atoms with Gasteiger partial charge in [0.2, 0.25) is 0 Å². The highest BCUT2D eigenvalue weighted by Gasteiger charge is 2.28. The molecule has 17 heavy (non-hydrogen) atoms. The summed E-state index contributed by atoms with van der Waals surface area (Å²) < 4.78 is 0. The molecule has 0 atom stereocenters. The topological polar surface area (TPSA) is 54.4 Å². The molecule has 0 aromatic carbocycles. The molecule has 0 bridgehead atoms. The first-order valence-corrected chi connectivity index (χ1v) is 5.84. The highest BCUT2D eigenvalue weighted by atomic mass is 16.3. The van der Waals surface area contributed by atoms with Gasteiger partial charge in [0.15, 0.2) is 11.6 Å². The zero-order valence-corrected chi connectivity index (χ0v) is 11.2. The van der Waals surface area contributed by atoms with Gasteiger partial charge < -0.3 is 5.11 Å². The molecule has 0 saturated heterocycles. The SMILES string of the molecule is CC1=C(C)C(=O)C(CCC(C)(C)O)=C(C)C1=O. The molecule has 0 aromatic rings. The van der Waals surface area contributed by atoms with E-state index in [9.17, 15) is 14.7 Å². The van der Waals surface area contributed by atoms with Gasteiger partial charge in [0.1, 0.15) is 0 Å². The highest BCUT2D eigenvalue weighted by Crippen LogP contribution is 2.28. The van der Waals surface area contributed by atoms with Gasteiger partial charge in [-0.1, -0.05) is 0 Å². The van der Waals surface area contributed by atoms with Crippen LogP contribution >= 0.6 is 0 Å². The van der Waals surface area contributed by atoms with Crippen LogP contribution in [0.3, 0.4) is 0 Å². The van der Waals surface area contributed by atoms with Gasteiger partial charge in [-0.15, -0.1) is 0 Å². The fourth-order valence-electron chi connectivity index (χ4n) is 1.89. The van der Waals surface area contributed by atoms with Crippen LogP contribution in [0.5, 0.6) is 0 Å². The monoisotopic (exact) mass is 236 g/mol. The molecule has 3 nitrogen and oxygen atoms in total. The highest BCUT2D eigenvalue weighted by molar-refractivity contribution is 6.24. The van der Waals surface area contributed by atoms with E-state index in [0.717, 1.165) is 0 Å². The van der Waals surface area contributed by atoms with E-state index in [1.54, 1.807) is 34.6 Å². The average molecular weight is 236 g/mol. The largest absolute Gasteiger partial charge is 0.390 e. The molecule has 94 valence electrons. The van der Waals surface area contributed by atoms with E-state index in [-0.39, 0.29) is 11.6 Å². The second kappa shape index (κ2) is 4.57. The number of hydrogen-bond acceptors (Lipinski definition) is 3. The number of Topliss-reactive ketones (excluding diaryl/α,β-unsaturated/α-hetero) is 2. The maximum atomic E-state index is 12.1. The van der Waals surface area contributed by atoms with Crippen LogP contribution in [0.1, 0.15) is 47.5 Å². The molecule has 0 unspecified atom stereocenters. The van der Waals surface area contributed by atoms with Gasteiger partial charge in [0.05, 0.1) is 5.60 Å². The van der Waals surface area contributed by atoms with E-state index in [1.165, 1.54) is 0 Å². The summed E-state index contributed by atoms with van der Waals surface area (Å²) in [5.41, 5.74) is 1.34. The standard InChI is InChI=1S/C14H20O3/c1-8-9(2)13(16)11(10(3)12(8)15)6-7-14(4,5)17/h17H,6-7H2,1-5H3. The van der Waals surface area contributed by atoms with Crippen LogP contribution < -0.4 is 0 Å². The van der Waals surface area contributed by atoms with Crippen LogP contribution in [0.15, 0.2) is 22.3 Å². The van der Waals surface area contributed by atoms with E-state index in [0.29, 0.717) is 35.1 Å². The lowest BCUT2D eigenvalue weighted by Crippen LogP contribution is -2.24. The molecule has 1 N–H and O–H groups in total. The normalized spacial score (nSPS) is 18.2. The van der Waals surface area contributed by atoms with Crippen LogP contribution in [0.25, 0.3) is 0 Å². The molecule has 0 amide bonds. The second-order valence-corrected chi connectivity index (χ2v) is 5.32. The van der Waals surface area contributed by atoms with Crippen molar-refractivity contribution >= 4 is 11.6 Å². The average Bonchev–Trinajstić information content (AvgIpc) is 2.22. The Bertz CT molecular complexity index is 431. The number of carbonyl (C=O) groups is 2. The van der Waals surface area contributed by atoms with Crippen molar-refractivity contribution in [2.45, 2.75) is 53.1 Å². The molecule has 1 aliphatic rings. The summed E-state index contributed by atoms with van der Waals surface area (Å²) in [5.74, 6) is -0.100. The molecule has 0 fully saturated rings. The van der Waals surface area contributed by atoms with Crippen molar-refractivity contribution in [3.63, 3.8) is 0 Å². The summed E-state index contributed by atoms with van der Waals surface area (Å²) in [6.45, 7) is 8.46. The number of aliphatic hydroxyl groups is 1. The smallest absolute Gasteiger partial charge is 0.185 e. The van der Waals surface area contributed by atoms with Gasteiger partial charge >= 0.3 is 0 Å². The van der Waals surface area contributed by atoms with Crippen LogP contribution in [-0.4, -0.2) is 22.3 Å². The van der Waals surface area contributed by atoms with Crippen molar-refractivity contribution in [3.05, 3.63) is 22.3 Å². The fourth-order valence-corrected chi connectivity index (χ4v) is 1.89. The summed E-state index contributed by atoms with van der Waals surface area (Å²) >= 11 is 0. The molecule has 0 spiro atoms. The van der Waals surface area contributed by atoms with Crippen LogP contribution in [0, 0.1) is 0 Å². The summed E-state index contributed by atoms with van der Waals surface area (Å²) in [4.78, 5) is 23.9. The Morgan fingerprint density at radius 3 is 1.88 bits per heavy atom. The molecular weight excluding hydrogens is 216 g/mol. The molecule has 0 saturated carbocycles.